The predicted molar refractivity (Wildman–Crippen MR) is 122 cm³/mol. The third kappa shape index (κ3) is 6.21. The van der Waals surface area contributed by atoms with Crippen molar-refractivity contribution in [2.75, 3.05) is 0 Å². The first-order valence-electron chi connectivity index (χ1n) is 11.4. The van der Waals surface area contributed by atoms with Gasteiger partial charge in [0, 0.05) is 11.1 Å². The van der Waals surface area contributed by atoms with Gasteiger partial charge in [0.15, 0.2) is 0 Å². The zero-order chi connectivity index (χ0) is 23.1. The highest BCUT2D eigenvalue weighted by atomic mass is 19.1. The van der Waals surface area contributed by atoms with Crippen LogP contribution in [-0.4, -0.2) is 0 Å². The Balaban J connectivity index is 1.64. The Hall–Kier alpha value is -2.62. The van der Waals surface area contributed by atoms with Gasteiger partial charge >= 0.3 is 0 Å². The van der Waals surface area contributed by atoms with E-state index in [0.717, 1.165) is 18.4 Å². The van der Waals surface area contributed by atoms with Crippen LogP contribution in [0.1, 0.15) is 60.1 Å². The Morgan fingerprint density at radius 3 is 1.22 bits per heavy atom. The zero-order valence-corrected chi connectivity index (χ0v) is 18.8. The van der Waals surface area contributed by atoms with E-state index in [1.54, 1.807) is 0 Å². The summed E-state index contributed by atoms with van der Waals surface area (Å²) in [5.41, 5.74) is 3.44. The summed E-state index contributed by atoms with van der Waals surface area (Å²) in [5, 5.41) is 0. The van der Waals surface area contributed by atoms with Gasteiger partial charge in [-0.2, -0.15) is 0 Å². The monoisotopic (exact) mass is 442 g/mol. The van der Waals surface area contributed by atoms with E-state index in [1.807, 2.05) is 6.92 Å². The van der Waals surface area contributed by atoms with Crippen LogP contribution in [0.3, 0.4) is 0 Å². The second-order valence-electron chi connectivity index (χ2n) is 8.39. The van der Waals surface area contributed by atoms with Crippen LogP contribution in [-0.2, 0) is 38.5 Å². The molecule has 0 spiro atoms. The van der Waals surface area contributed by atoms with E-state index >= 15 is 0 Å². The van der Waals surface area contributed by atoms with Gasteiger partial charge in [-0.25, -0.2) is 17.6 Å². The minimum absolute atomic E-state index is 0.0445. The Morgan fingerprint density at radius 2 is 0.781 bits per heavy atom. The Morgan fingerprint density at radius 1 is 0.438 bits per heavy atom. The molecule has 3 rings (SSSR count). The van der Waals surface area contributed by atoms with Gasteiger partial charge in [0.25, 0.3) is 0 Å². The number of benzene rings is 3. The summed E-state index contributed by atoms with van der Waals surface area (Å²) in [6, 6.07) is 13.6. The van der Waals surface area contributed by atoms with E-state index in [0.29, 0.717) is 36.8 Å². The zero-order valence-electron chi connectivity index (χ0n) is 18.8. The van der Waals surface area contributed by atoms with Gasteiger partial charge < -0.3 is 0 Å². The molecule has 0 fully saturated rings. The van der Waals surface area contributed by atoms with E-state index in [9.17, 15) is 17.6 Å². The van der Waals surface area contributed by atoms with E-state index < -0.39 is 23.3 Å². The summed E-state index contributed by atoms with van der Waals surface area (Å²) in [4.78, 5) is 0. The fourth-order valence-electron chi connectivity index (χ4n) is 4.05. The van der Waals surface area contributed by atoms with Crippen molar-refractivity contribution in [3.63, 3.8) is 0 Å². The quantitative estimate of drug-likeness (QED) is 0.282. The van der Waals surface area contributed by atoms with Crippen LogP contribution in [0.4, 0.5) is 17.6 Å². The van der Waals surface area contributed by atoms with Crippen LogP contribution in [0.15, 0.2) is 48.5 Å². The van der Waals surface area contributed by atoms with E-state index in [-0.39, 0.29) is 24.0 Å². The topological polar surface area (TPSA) is 0 Å². The van der Waals surface area contributed by atoms with Gasteiger partial charge in [0.05, 0.1) is 0 Å². The summed E-state index contributed by atoms with van der Waals surface area (Å²) in [7, 11) is 0. The third-order valence-electron chi connectivity index (χ3n) is 5.83. The van der Waals surface area contributed by atoms with Crippen molar-refractivity contribution >= 4 is 0 Å². The molecule has 0 saturated heterocycles. The smallest absolute Gasteiger partial charge is 0.129 e. The standard InChI is InChI=1S/C28H30F4/c1-3-5-19-7-9-20(10-8-19)11-12-21-15-27(31)24(28(32)16-21)14-13-22-17-25(29)23(6-4-2)26(30)18-22/h7-10,15-18H,3-6,11-14H2,1-2H3. The highest BCUT2D eigenvalue weighted by Crippen LogP contribution is 2.22. The Kier molecular flexibility index (Phi) is 8.49. The lowest BCUT2D eigenvalue weighted by Gasteiger charge is -2.10. The molecule has 0 unspecified atom stereocenters. The van der Waals surface area contributed by atoms with Crippen molar-refractivity contribution in [2.45, 2.75) is 65.2 Å². The molecule has 0 heterocycles. The molecule has 32 heavy (non-hydrogen) atoms. The average Bonchev–Trinajstić information content (AvgIpc) is 2.75. The molecule has 3 aromatic carbocycles. The maximum Gasteiger partial charge on any atom is 0.129 e. The highest BCUT2D eigenvalue weighted by molar-refractivity contribution is 5.31. The number of hydrogen-bond acceptors (Lipinski definition) is 0. The summed E-state index contributed by atoms with van der Waals surface area (Å²) in [6.45, 7) is 3.99. The summed E-state index contributed by atoms with van der Waals surface area (Å²) >= 11 is 0. The first-order chi connectivity index (χ1) is 15.4. The van der Waals surface area contributed by atoms with Crippen molar-refractivity contribution < 1.29 is 17.6 Å². The van der Waals surface area contributed by atoms with Crippen LogP contribution in [0.5, 0.6) is 0 Å². The van der Waals surface area contributed by atoms with Gasteiger partial charge in [0.2, 0.25) is 0 Å². The van der Waals surface area contributed by atoms with E-state index in [1.165, 1.54) is 29.8 Å². The van der Waals surface area contributed by atoms with Gasteiger partial charge in [-0.15, -0.1) is 0 Å². The Labute approximate surface area is 188 Å². The molecule has 0 radical (unpaired) electrons. The molecular formula is C28H30F4. The molecule has 4 heteroatoms. The molecule has 0 aromatic heterocycles. The fraction of sp³-hybridized carbons (Fsp3) is 0.357. The van der Waals surface area contributed by atoms with Crippen LogP contribution in [0.25, 0.3) is 0 Å². The van der Waals surface area contributed by atoms with Crippen molar-refractivity contribution in [1.82, 2.24) is 0 Å². The lowest BCUT2D eigenvalue weighted by Crippen LogP contribution is -2.04. The van der Waals surface area contributed by atoms with E-state index in [4.69, 9.17) is 0 Å². The Bertz CT molecular complexity index is 992. The summed E-state index contributed by atoms with van der Waals surface area (Å²) in [5.74, 6) is -2.41. The molecule has 0 bridgehead atoms. The number of rotatable bonds is 10. The van der Waals surface area contributed by atoms with Crippen molar-refractivity contribution in [2.24, 2.45) is 0 Å². The van der Waals surface area contributed by atoms with Gasteiger partial charge in [-0.05, 0) is 85.0 Å². The van der Waals surface area contributed by atoms with Crippen molar-refractivity contribution in [3.8, 4) is 0 Å². The second-order valence-corrected chi connectivity index (χ2v) is 8.39. The number of hydrogen-bond donors (Lipinski definition) is 0. The molecule has 3 aromatic rings. The lowest BCUT2D eigenvalue weighted by atomic mass is 9.97. The normalized spacial score (nSPS) is 11.2. The average molecular weight is 443 g/mol. The number of aryl methyl sites for hydroxylation is 4. The first-order valence-corrected chi connectivity index (χ1v) is 11.4. The first kappa shape index (κ1) is 24.0. The lowest BCUT2D eigenvalue weighted by molar-refractivity contribution is 0.544. The summed E-state index contributed by atoms with van der Waals surface area (Å²) in [6.07, 6.45) is 4.55. The third-order valence-corrected chi connectivity index (χ3v) is 5.83. The predicted octanol–water partition coefficient (Wildman–Crippen LogP) is 7.72. The number of halogens is 4. The molecule has 0 atom stereocenters. The van der Waals surface area contributed by atoms with Crippen LogP contribution >= 0.6 is 0 Å². The highest BCUT2D eigenvalue weighted by Gasteiger charge is 2.14. The van der Waals surface area contributed by atoms with E-state index in [2.05, 4.69) is 31.2 Å². The van der Waals surface area contributed by atoms with Crippen molar-refractivity contribution in [3.05, 3.63) is 105 Å². The SMILES string of the molecule is CCCc1ccc(CCc2cc(F)c(CCc3cc(F)c(CCC)c(F)c3)c(F)c2)cc1. The van der Waals surface area contributed by atoms with Crippen LogP contribution < -0.4 is 0 Å². The van der Waals surface area contributed by atoms with Crippen molar-refractivity contribution in [1.29, 1.82) is 0 Å². The molecule has 0 aliphatic rings. The minimum atomic E-state index is -0.609. The molecule has 0 aliphatic carbocycles. The molecule has 0 nitrogen and oxygen atoms in total. The largest absolute Gasteiger partial charge is 0.207 e. The van der Waals surface area contributed by atoms with Crippen LogP contribution in [0.2, 0.25) is 0 Å². The second kappa shape index (κ2) is 11.3. The molecule has 170 valence electrons. The van der Waals surface area contributed by atoms with Gasteiger partial charge in [-0.1, -0.05) is 51.0 Å². The van der Waals surface area contributed by atoms with Gasteiger partial charge in [0.1, 0.15) is 23.3 Å². The van der Waals surface area contributed by atoms with Gasteiger partial charge in [-0.3, -0.25) is 0 Å². The minimum Gasteiger partial charge on any atom is -0.207 e. The molecule has 0 amide bonds. The summed E-state index contributed by atoms with van der Waals surface area (Å²) < 4.78 is 57.5. The molecule has 0 N–H and O–H groups in total. The maximum atomic E-state index is 14.6. The molecule has 0 saturated carbocycles. The maximum absolute atomic E-state index is 14.6. The fourth-order valence-corrected chi connectivity index (χ4v) is 4.05. The molecule has 0 aliphatic heterocycles. The van der Waals surface area contributed by atoms with Crippen LogP contribution in [0, 0.1) is 23.3 Å². The molecular weight excluding hydrogens is 412 g/mol.